The molecule has 2 saturated carbocycles. The van der Waals surface area contributed by atoms with Gasteiger partial charge in [0.1, 0.15) is 0 Å². The summed E-state index contributed by atoms with van der Waals surface area (Å²) in [6, 6.07) is 19.9. The SMILES string of the molecule is O=C([O-])/C=C/c1ccccc1.O=C([O-])/C=C/c1ccccc1.[NH3+]C1CCCCCC1.[NH3+]C1CCCCCC1. The van der Waals surface area contributed by atoms with Crippen LogP contribution < -0.4 is 21.7 Å². The third kappa shape index (κ3) is 19.9. The number of hydrogen-bond donors (Lipinski definition) is 2. The second-order valence-corrected chi connectivity index (χ2v) is 9.84. The van der Waals surface area contributed by atoms with Gasteiger partial charge in [0.25, 0.3) is 0 Å². The summed E-state index contributed by atoms with van der Waals surface area (Å²) in [6.07, 6.45) is 22.0. The first-order valence-electron chi connectivity index (χ1n) is 13.9. The van der Waals surface area contributed by atoms with Crippen LogP contribution in [0, 0.1) is 0 Å². The Morgan fingerprint density at radius 1 is 0.553 bits per heavy atom. The lowest BCUT2D eigenvalue weighted by atomic mass is 10.1. The molecule has 6 N–H and O–H groups in total. The van der Waals surface area contributed by atoms with E-state index in [1.807, 2.05) is 60.7 Å². The standard InChI is InChI=1S/2C9H8O2.2C7H15N/c2*10-9(11)7-6-8-4-2-1-3-5-8;2*8-7-5-3-1-2-4-6-7/h2*1-7H,(H,10,11);2*7H,1-6,8H2/b2*7-6+;;. The Morgan fingerprint density at radius 2 is 0.842 bits per heavy atom. The Labute approximate surface area is 228 Å². The van der Waals surface area contributed by atoms with Crippen molar-refractivity contribution >= 4 is 24.1 Å². The van der Waals surface area contributed by atoms with Crippen LogP contribution in [-0.4, -0.2) is 24.0 Å². The fraction of sp³-hybridized carbons (Fsp3) is 0.438. The van der Waals surface area contributed by atoms with Gasteiger partial charge >= 0.3 is 0 Å². The minimum absolute atomic E-state index is 0.775. The summed E-state index contributed by atoms with van der Waals surface area (Å²) in [7, 11) is 0. The molecular weight excluding hydrogens is 476 g/mol. The van der Waals surface area contributed by atoms with Gasteiger partial charge in [-0.15, -0.1) is 0 Å². The topological polar surface area (TPSA) is 136 Å². The highest BCUT2D eigenvalue weighted by molar-refractivity contribution is 5.83. The molecule has 0 aliphatic heterocycles. The van der Waals surface area contributed by atoms with Gasteiger partial charge in [-0.2, -0.15) is 0 Å². The number of benzene rings is 2. The molecule has 2 aromatic rings. The van der Waals surface area contributed by atoms with Gasteiger partial charge in [0.05, 0.1) is 24.0 Å². The van der Waals surface area contributed by atoms with E-state index < -0.39 is 11.9 Å². The minimum atomic E-state index is -1.17. The van der Waals surface area contributed by atoms with Crippen molar-refractivity contribution < 1.29 is 31.3 Å². The van der Waals surface area contributed by atoms with Gasteiger partial charge in [0.2, 0.25) is 0 Å². The number of aliphatic carboxylic acids is 2. The molecule has 0 bridgehead atoms. The molecule has 208 valence electrons. The highest BCUT2D eigenvalue weighted by Gasteiger charge is 2.09. The third-order valence-corrected chi connectivity index (χ3v) is 6.37. The van der Waals surface area contributed by atoms with E-state index in [-0.39, 0.29) is 0 Å². The monoisotopic (exact) mass is 522 g/mol. The average molecular weight is 523 g/mol. The van der Waals surface area contributed by atoms with Crippen molar-refractivity contribution in [2.75, 3.05) is 0 Å². The van der Waals surface area contributed by atoms with E-state index in [1.54, 1.807) is 0 Å². The largest absolute Gasteiger partial charge is 0.545 e. The van der Waals surface area contributed by atoms with Crippen LogP contribution >= 0.6 is 0 Å². The maximum absolute atomic E-state index is 9.97. The molecule has 0 atom stereocenters. The number of carboxylic acid groups (broad SMARTS) is 2. The number of rotatable bonds is 4. The van der Waals surface area contributed by atoms with Crippen molar-refractivity contribution in [2.45, 2.75) is 89.1 Å². The van der Waals surface area contributed by atoms with Crippen molar-refractivity contribution in [1.82, 2.24) is 0 Å². The van der Waals surface area contributed by atoms with E-state index in [2.05, 4.69) is 11.5 Å². The summed E-state index contributed by atoms with van der Waals surface area (Å²) in [5, 5.41) is 19.9. The molecule has 6 nitrogen and oxygen atoms in total. The quantitative estimate of drug-likeness (QED) is 0.471. The normalized spacial score (nSPS) is 16.5. The molecule has 0 unspecified atom stereocenters. The maximum atomic E-state index is 9.97. The van der Waals surface area contributed by atoms with Crippen molar-refractivity contribution in [3.05, 3.63) is 83.9 Å². The number of quaternary nitrogens is 2. The summed E-state index contributed by atoms with van der Waals surface area (Å²) in [5.74, 6) is -2.34. The van der Waals surface area contributed by atoms with Gasteiger partial charge in [-0.05, 0) is 74.6 Å². The summed E-state index contributed by atoms with van der Waals surface area (Å²) >= 11 is 0. The fourth-order valence-corrected chi connectivity index (χ4v) is 4.18. The second-order valence-electron chi connectivity index (χ2n) is 9.84. The number of hydrogen-bond acceptors (Lipinski definition) is 4. The molecule has 2 fully saturated rings. The minimum Gasteiger partial charge on any atom is -0.545 e. The Hall–Kier alpha value is -3.22. The Morgan fingerprint density at radius 3 is 1.11 bits per heavy atom. The first-order valence-corrected chi connectivity index (χ1v) is 13.9. The molecule has 4 rings (SSSR count). The van der Waals surface area contributed by atoms with E-state index >= 15 is 0 Å². The second kappa shape index (κ2) is 21.8. The summed E-state index contributed by atoms with van der Waals surface area (Å²) in [4.78, 5) is 19.9. The summed E-state index contributed by atoms with van der Waals surface area (Å²) in [5.41, 5.74) is 9.83. The Kier molecular flexibility index (Phi) is 18.8. The molecule has 0 amide bonds. The van der Waals surface area contributed by atoms with Gasteiger partial charge in [0, 0.05) is 0 Å². The highest BCUT2D eigenvalue weighted by Crippen LogP contribution is 2.14. The van der Waals surface area contributed by atoms with E-state index in [9.17, 15) is 19.8 Å². The molecule has 2 aliphatic carbocycles. The van der Waals surface area contributed by atoms with E-state index in [0.717, 1.165) is 35.4 Å². The number of carbonyl (C=O) groups excluding carboxylic acids is 2. The Bertz CT molecular complexity index is 835. The van der Waals surface area contributed by atoms with Crippen LogP contribution in [0.15, 0.2) is 72.8 Å². The van der Waals surface area contributed by atoms with Crippen LogP contribution in [0.2, 0.25) is 0 Å². The number of carboxylic acids is 2. The van der Waals surface area contributed by atoms with Gasteiger partial charge in [-0.25, -0.2) is 0 Å². The molecule has 6 heteroatoms. The predicted octanol–water partition coefficient (Wildman–Crippen LogP) is 2.80. The average Bonchev–Trinajstić information content (AvgIpc) is 3.32. The zero-order valence-corrected chi connectivity index (χ0v) is 22.8. The Balaban J connectivity index is 0.000000256. The third-order valence-electron chi connectivity index (χ3n) is 6.37. The summed E-state index contributed by atoms with van der Waals surface area (Å²) in [6.45, 7) is 0. The van der Waals surface area contributed by atoms with Gasteiger partial charge < -0.3 is 31.3 Å². The van der Waals surface area contributed by atoms with E-state index in [0.29, 0.717) is 0 Å². The summed E-state index contributed by atoms with van der Waals surface area (Å²) < 4.78 is 0. The van der Waals surface area contributed by atoms with Crippen LogP contribution in [-0.2, 0) is 9.59 Å². The van der Waals surface area contributed by atoms with Crippen LogP contribution in [0.25, 0.3) is 12.2 Å². The van der Waals surface area contributed by atoms with Gasteiger partial charge in [0.15, 0.2) is 0 Å². The van der Waals surface area contributed by atoms with Crippen molar-refractivity contribution in [2.24, 2.45) is 0 Å². The van der Waals surface area contributed by atoms with Crippen molar-refractivity contribution in [1.29, 1.82) is 0 Å². The molecular formula is C32H46N2O4. The molecule has 0 saturated heterocycles. The van der Waals surface area contributed by atoms with Gasteiger partial charge in [-0.1, -0.05) is 98.5 Å². The fourth-order valence-electron chi connectivity index (χ4n) is 4.18. The van der Waals surface area contributed by atoms with Crippen LogP contribution in [0.1, 0.15) is 88.2 Å². The van der Waals surface area contributed by atoms with E-state index in [1.165, 1.54) is 89.2 Å². The molecule has 0 spiro atoms. The maximum Gasteiger partial charge on any atom is 0.0843 e. The number of carbonyl (C=O) groups is 2. The zero-order chi connectivity index (χ0) is 27.8. The first kappa shape index (κ1) is 32.8. The van der Waals surface area contributed by atoms with Crippen LogP contribution in [0.3, 0.4) is 0 Å². The molecule has 0 radical (unpaired) electrons. The van der Waals surface area contributed by atoms with Crippen LogP contribution in [0.4, 0.5) is 0 Å². The molecule has 38 heavy (non-hydrogen) atoms. The lowest BCUT2D eigenvalue weighted by Crippen LogP contribution is -2.60. The lowest BCUT2D eigenvalue weighted by Gasteiger charge is -1.99. The van der Waals surface area contributed by atoms with Crippen molar-refractivity contribution in [3.8, 4) is 0 Å². The first-order chi connectivity index (χ1) is 18.4. The lowest BCUT2D eigenvalue weighted by molar-refractivity contribution is -0.422. The van der Waals surface area contributed by atoms with Gasteiger partial charge in [-0.3, -0.25) is 0 Å². The molecule has 2 aliphatic rings. The predicted molar refractivity (Wildman–Crippen MR) is 150 cm³/mol. The smallest absolute Gasteiger partial charge is 0.0843 e. The molecule has 0 aromatic heterocycles. The molecule has 2 aromatic carbocycles. The highest BCUT2D eigenvalue weighted by atomic mass is 16.4. The molecule has 0 heterocycles. The van der Waals surface area contributed by atoms with Crippen molar-refractivity contribution in [3.63, 3.8) is 0 Å². The zero-order valence-electron chi connectivity index (χ0n) is 22.8. The van der Waals surface area contributed by atoms with E-state index in [4.69, 9.17) is 0 Å². The van der Waals surface area contributed by atoms with Crippen LogP contribution in [0.5, 0.6) is 0 Å².